The van der Waals surface area contributed by atoms with Crippen molar-refractivity contribution in [2.45, 2.75) is 6.42 Å². The molecular formula is C7H9N. The van der Waals surface area contributed by atoms with E-state index in [0.29, 0.717) is 5.92 Å². The van der Waals surface area contributed by atoms with Crippen LogP contribution in [0.3, 0.4) is 0 Å². The van der Waals surface area contributed by atoms with Gasteiger partial charge in [-0.05, 0) is 6.20 Å². The van der Waals surface area contributed by atoms with Crippen LogP contribution in [-0.4, -0.2) is 6.54 Å². The topological polar surface area (TPSA) is 12.0 Å². The predicted octanol–water partition coefficient (Wildman–Crippen LogP) is 0.743. The van der Waals surface area contributed by atoms with E-state index in [0.717, 1.165) is 13.0 Å². The number of terminal acetylenes is 1. The summed E-state index contributed by atoms with van der Waals surface area (Å²) in [4.78, 5) is 0. The second-order valence-electron chi connectivity index (χ2n) is 1.94. The fourth-order valence-corrected chi connectivity index (χ4v) is 0.783. The lowest BCUT2D eigenvalue weighted by Gasteiger charge is -1.97. The molecule has 1 nitrogen and oxygen atoms in total. The zero-order valence-electron chi connectivity index (χ0n) is 4.72. The van der Waals surface area contributed by atoms with E-state index in [9.17, 15) is 0 Å². The minimum Gasteiger partial charge on any atom is -0.391 e. The van der Waals surface area contributed by atoms with Gasteiger partial charge >= 0.3 is 0 Å². The molecule has 0 fully saturated rings. The summed E-state index contributed by atoms with van der Waals surface area (Å²) in [6.07, 6.45) is 10.0. The van der Waals surface area contributed by atoms with Crippen molar-refractivity contribution in [1.29, 1.82) is 0 Å². The smallest absolute Gasteiger partial charge is 0.0214 e. The van der Waals surface area contributed by atoms with Crippen LogP contribution in [0.2, 0.25) is 0 Å². The second kappa shape index (κ2) is 2.42. The molecule has 0 aromatic carbocycles. The fraction of sp³-hybridized carbons (Fsp3) is 0.429. The molecule has 0 spiro atoms. The number of hydrogen-bond donors (Lipinski definition) is 1. The third-order valence-electron chi connectivity index (χ3n) is 1.25. The zero-order chi connectivity index (χ0) is 5.82. The average Bonchev–Trinajstić information content (AvgIpc) is 2.19. The van der Waals surface area contributed by atoms with Crippen LogP contribution in [0.25, 0.3) is 0 Å². The lowest BCUT2D eigenvalue weighted by molar-refractivity contribution is 0.677. The molecule has 1 atom stereocenters. The molecule has 1 aliphatic rings. The highest BCUT2D eigenvalue weighted by atomic mass is 14.9. The van der Waals surface area contributed by atoms with Gasteiger partial charge in [-0.2, -0.15) is 0 Å². The second-order valence-corrected chi connectivity index (χ2v) is 1.94. The van der Waals surface area contributed by atoms with Gasteiger partial charge in [0, 0.05) is 18.9 Å². The van der Waals surface area contributed by atoms with E-state index in [1.807, 2.05) is 6.20 Å². The van der Waals surface area contributed by atoms with Crippen LogP contribution in [0.1, 0.15) is 6.42 Å². The number of nitrogens with one attached hydrogen (secondary N) is 1. The molecule has 1 N–H and O–H groups in total. The fourth-order valence-electron chi connectivity index (χ4n) is 0.783. The Bertz CT molecular complexity index is 130. The largest absolute Gasteiger partial charge is 0.391 e. The Morgan fingerprint density at radius 1 is 1.88 bits per heavy atom. The van der Waals surface area contributed by atoms with Crippen LogP contribution in [0.5, 0.6) is 0 Å². The van der Waals surface area contributed by atoms with E-state index in [1.54, 1.807) is 0 Å². The van der Waals surface area contributed by atoms with Crippen molar-refractivity contribution in [3.8, 4) is 12.3 Å². The molecule has 1 aliphatic heterocycles. The Morgan fingerprint density at radius 3 is 3.25 bits per heavy atom. The first kappa shape index (κ1) is 5.24. The van der Waals surface area contributed by atoms with Crippen molar-refractivity contribution < 1.29 is 0 Å². The maximum atomic E-state index is 5.10. The highest BCUT2D eigenvalue weighted by Crippen LogP contribution is 2.05. The monoisotopic (exact) mass is 107 g/mol. The molecule has 0 bridgehead atoms. The maximum absolute atomic E-state index is 5.10. The SMILES string of the molecule is C#CCC1C=CNC1. The van der Waals surface area contributed by atoms with Gasteiger partial charge in [-0.1, -0.05) is 6.08 Å². The molecule has 1 heterocycles. The molecule has 0 aliphatic carbocycles. The zero-order valence-corrected chi connectivity index (χ0v) is 4.72. The molecule has 0 radical (unpaired) electrons. The normalized spacial score (nSPS) is 24.6. The van der Waals surface area contributed by atoms with Gasteiger partial charge in [0.1, 0.15) is 0 Å². The highest BCUT2D eigenvalue weighted by Gasteiger charge is 2.04. The molecule has 0 saturated carbocycles. The molecule has 1 unspecified atom stereocenters. The quantitative estimate of drug-likeness (QED) is 0.487. The lowest BCUT2D eigenvalue weighted by Crippen LogP contribution is -2.07. The number of hydrogen-bond acceptors (Lipinski definition) is 1. The van der Waals surface area contributed by atoms with Gasteiger partial charge < -0.3 is 5.32 Å². The van der Waals surface area contributed by atoms with Crippen LogP contribution in [0.4, 0.5) is 0 Å². The first-order chi connectivity index (χ1) is 3.93. The molecule has 8 heavy (non-hydrogen) atoms. The molecule has 0 aromatic heterocycles. The summed E-state index contributed by atoms with van der Waals surface area (Å²) in [7, 11) is 0. The predicted molar refractivity (Wildman–Crippen MR) is 34.1 cm³/mol. The van der Waals surface area contributed by atoms with E-state index in [4.69, 9.17) is 6.42 Å². The van der Waals surface area contributed by atoms with Gasteiger partial charge in [0.25, 0.3) is 0 Å². The van der Waals surface area contributed by atoms with E-state index in [-0.39, 0.29) is 0 Å². The molecule has 0 amide bonds. The molecule has 0 aromatic rings. The van der Waals surface area contributed by atoms with Crippen LogP contribution in [0, 0.1) is 18.3 Å². The van der Waals surface area contributed by atoms with Crippen LogP contribution >= 0.6 is 0 Å². The molecule has 1 heteroatoms. The summed E-state index contributed by atoms with van der Waals surface area (Å²) in [5.74, 6) is 3.20. The Morgan fingerprint density at radius 2 is 2.75 bits per heavy atom. The molecule has 0 saturated heterocycles. The minimum absolute atomic E-state index is 0.583. The van der Waals surface area contributed by atoms with Crippen LogP contribution < -0.4 is 5.32 Å². The first-order valence-electron chi connectivity index (χ1n) is 2.77. The summed E-state index contributed by atoms with van der Waals surface area (Å²) in [6.45, 7) is 1.02. The van der Waals surface area contributed by atoms with Crippen LogP contribution in [-0.2, 0) is 0 Å². The summed E-state index contributed by atoms with van der Waals surface area (Å²) in [5, 5.41) is 3.08. The Kier molecular flexibility index (Phi) is 1.58. The van der Waals surface area contributed by atoms with Gasteiger partial charge in [0.05, 0.1) is 0 Å². The van der Waals surface area contributed by atoms with Gasteiger partial charge in [-0.3, -0.25) is 0 Å². The van der Waals surface area contributed by atoms with E-state index < -0.39 is 0 Å². The molecular weight excluding hydrogens is 98.1 g/mol. The Balaban J connectivity index is 2.28. The van der Waals surface area contributed by atoms with Crippen molar-refractivity contribution in [2.75, 3.05) is 6.54 Å². The van der Waals surface area contributed by atoms with Crippen molar-refractivity contribution in [3.05, 3.63) is 12.3 Å². The Hall–Kier alpha value is -0.900. The highest BCUT2D eigenvalue weighted by molar-refractivity contribution is 5.01. The maximum Gasteiger partial charge on any atom is 0.0214 e. The van der Waals surface area contributed by atoms with Crippen molar-refractivity contribution in [2.24, 2.45) is 5.92 Å². The van der Waals surface area contributed by atoms with E-state index in [2.05, 4.69) is 17.3 Å². The van der Waals surface area contributed by atoms with Crippen molar-refractivity contribution >= 4 is 0 Å². The van der Waals surface area contributed by atoms with Crippen molar-refractivity contribution in [1.82, 2.24) is 5.32 Å². The van der Waals surface area contributed by atoms with Gasteiger partial charge in [-0.15, -0.1) is 12.3 Å². The van der Waals surface area contributed by atoms with Gasteiger partial charge in [0.2, 0.25) is 0 Å². The third-order valence-corrected chi connectivity index (χ3v) is 1.25. The van der Waals surface area contributed by atoms with E-state index >= 15 is 0 Å². The lowest BCUT2D eigenvalue weighted by atomic mass is 10.1. The molecule has 42 valence electrons. The average molecular weight is 107 g/mol. The first-order valence-corrected chi connectivity index (χ1v) is 2.77. The van der Waals surface area contributed by atoms with Crippen molar-refractivity contribution in [3.63, 3.8) is 0 Å². The number of rotatable bonds is 1. The van der Waals surface area contributed by atoms with Gasteiger partial charge in [-0.25, -0.2) is 0 Å². The minimum atomic E-state index is 0.583. The Labute approximate surface area is 49.8 Å². The summed E-state index contributed by atoms with van der Waals surface area (Å²) in [5.41, 5.74) is 0. The molecule has 1 rings (SSSR count). The van der Waals surface area contributed by atoms with Gasteiger partial charge in [0.15, 0.2) is 0 Å². The van der Waals surface area contributed by atoms with E-state index in [1.165, 1.54) is 0 Å². The van der Waals surface area contributed by atoms with Crippen LogP contribution in [0.15, 0.2) is 12.3 Å². The third kappa shape index (κ3) is 1.04. The summed E-state index contributed by atoms with van der Waals surface area (Å²) >= 11 is 0. The standard InChI is InChI=1S/C7H9N/c1-2-3-7-4-5-8-6-7/h1,4-5,7-8H,3,6H2. The summed E-state index contributed by atoms with van der Waals surface area (Å²) in [6, 6.07) is 0. The summed E-state index contributed by atoms with van der Waals surface area (Å²) < 4.78 is 0.